The molecule has 7 heteroatoms. The molecule has 0 unspecified atom stereocenters. The second-order valence-electron chi connectivity index (χ2n) is 4.99. The minimum atomic E-state index is -3.79. The lowest BCUT2D eigenvalue weighted by molar-refractivity contribution is 0.353. The molecule has 2 rings (SSSR count). The molecule has 1 N–H and O–H groups in total. The van der Waals surface area contributed by atoms with E-state index in [1.54, 1.807) is 38.1 Å². The number of halogens is 1. The molecule has 0 aliphatic carbocycles. The summed E-state index contributed by atoms with van der Waals surface area (Å²) in [6.07, 6.45) is 0. The number of hydrogen-bond acceptors (Lipinski definition) is 4. The number of ether oxygens (including phenoxy) is 2. The summed E-state index contributed by atoms with van der Waals surface area (Å²) in [6.45, 7) is 3.45. The van der Waals surface area contributed by atoms with E-state index in [1.165, 1.54) is 20.3 Å². The van der Waals surface area contributed by atoms with Crippen LogP contribution in [0.25, 0.3) is 0 Å². The van der Waals surface area contributed by atoms with E-state index >= 15 is 0 Å². The molecule has 0 fully saturated rings. The van der Waals surface area contributed by atoms with E-state index in [1.807, 2.05) is 0 Å². The van der Waals surface area contributed by atoms with Gasteiger partial charge in [0.15, 0.2) is 11.5 Å². The Morgan fingerprint density at radius 2 is 1.65 bits per heavy atom. The van der Waals surface area contributed by atoms with Crippen molar-refractivity contribution in [1.29, 1.82) is 0 Å². The fraction of sp³-hybridized carbons (Fsp3) is 0.250. The third-order valence-corrected chi connectivity index (χ3v) is 5.40. The summed E-state index contributed by atoms with van der Waals surface area (Å²) in [4.78, 5) is 0.120. The van der Waals surface area contributed by atoms with E-state index < -0.39 is 10.0 Å². The highest BCUT2D eigenvalue weighted by Crippen LogP contribution is 2.33. The molecule has 5 nitrogen and oxygen atoms in total. The Morgan fingerprint density at radius 1 is 1.04 bits per heavy atom. The van der Waals surface area contributed by atoms with E-state index in [0.29, 0.717) is 33.3 Å². The lowest BCUT2D eigenvalue weighted by Crippen LogP contribution is -2.15. The van der Waals surface area contributed by atoms with Gasteiger partial charge >= 0.3 is 0 Å². The van der Waals surface area contributed by atoms with Crippen LogP contribution < -0.4 is 14.2 Å². The maximum Gasteiger partial charge on any atom is 0.262 e. The molecular weight excluding hydrogens is 338 g/mol. The summed E-state index contributed by atoms with van der Waals surface area (Å²) in [5.74, 6) is 0.823. The molecule has 0 aliphatic rings. The number of anilines is 1. The van der Waals surface area contributed by atoms with Gasteiger partial charge in [-0.25, -0.2) is 8.42 Å². The van der Waals surface area contributed by atoms with Crippen molar-refractivity contribution in [1.82, 2.24) is 0 Å². The van der Waals surface area contributed by atoms with Crippen LogP contribution in [0.5, 0.6) is 11.5 Å². The number of sulfonamides is 1. The molecule has 23 heavy (non-hydrogen) atoms. The van der Waals surface area contributed by atoms with Crippen molar-refractivity contribution < 1.29 is 17.9 Å². The van der Waals surface area contributed by atoms with Crippen LogP contribution >= 0.6 is 11.6 Å². The van der Waals surface area contributed by atoms with Gasteiger partial charge in [0.05, 0.1) is 24.8 Å². The van der Waals surface area contributed by atoms with Gasteiger partial charge in [-0.15, -0.1) is 0 Å². The zero-order chi connectivity index (χ0) is 17.2. The van der Waals surface area contributed by atoms with Crippen LogP contribution in [0.1, 0.15) is 11.1 Å². The highest BCUT2D eigenvalue weighted by Gasteiger charge is 2.21. The molecule has 0 spiro atoms. The quantitative estimate of drug-likeness (QED) is 0.886. The minimum Gasteiger partial charge on any atom is -0.493 e. The Balaban J connectivity index is 2.50. The molecule has 0 heterocycles. The summed E-state index contributed by atoms with van der Waals surface area (Å²) < 4.78 is 38.3. The molecule has 0 saturated heterocycles. The third-order valence-electron chi connectivity index (χ3n) is 3.48. The number of benzene rings is 2. The Kier molecular flexibility index (Phi) is 5.06. The van der Waals surface area contributed by atoms with Crippen LogP contribution in [0.3, 0.4) is 0 Å². The summed E-state index contributed by atoms with van der Waals surface area (Å²) in [5, 5.41) is 0.495. The zero-order valence-corrected chi connectivity index (χ0v) is 14.9. The van der Waals surface area contributed by atoms with Gasteiger partial charge in [0.1, 0.15) is 0 Å². The summed E-state index contributed by atoms with van der Waals surface area (Å²) in [6, 6.07) is 8.12. The summed E-state index contributed by atoms with van der Waals surface area (Å²) in [7, 11) is -0.830. The maximum absolute atomic E-state index is 12.7. The van der Waals surface area contributed by atoms with Gasteiger partial charge in [-0.2, -0.15) is 0 Å². The summed E-state index contributed by atoms with van der Waals surface area (Å²) in [5.41, 5.74) is 1.65. The first-order valence-corrected chi connectivity index (χ1v) is 8.67. The SMILES string of the molecule is COc1cc(C)c(S(=O)(=O)Nc2cccc(Cl)c2C)cc1OC. The average molecular weight is 356 g/mol. The molecule has 124 valence electrons. The molecule has 0 radical (unpaired) electrons. The lowest BCUT2D eigenvalue weighted by Gasteiger charge is -2.15. The van der Waals surface area contributed by atoms with Crippen LogP contribution in [-0.4, -0.2) is 22.6 Å². The first-order chi connectivity index (χ1) is 10.8. The topological polar surface area (TPSA) is 64.6 Å². The van der Waals surface area contributed by atoms with Crippen LogP contribution in [0.2, 0.25) is 5.02 Å². The molecule has 0 aliphatic heterocycles. The first kappa shape index (κ1) is 17.4. The number of aryl methyl sites for hydroxylation is 1. The first-order valence-electron chi connectivity index (χ1n) is 6.80. The Labute approximate surface area is 141 Å². The molecule has 2 aromatic carbocycles. The monoisotopic (exact) mass is 355 g/mol. The van der Waals surface area contributed by atoms with Gasteiger partial charge in [-0.3, -0.25) is 4.72 Å². The van der Waals surface area contributed by atoms with E-state index in [-0.39, 0.29) is 4.90 Å². The van der Waals surface area contributed by atoms with Gasteiger partial charge in [-0.1, -0.05) is 17.7 Å². The fourth-order valence-corrected chi connectivity index (χ4v) is 3.71. The van der Waals surface area contributed by atoms with Gasteiger partial charge in [0, 0.05) is 11.1 Å². The van der Waals surface area contributed by atoms with Crippen molar-refractivity contribution in [3.05, 3.63) is 46.5 Å². The number of methoxy groups -OCH3 is 2. The van der Waals surface area contributed by atoms with Crippen LogP contribution in [0.4, 0.5) is 5.69 Å². The normalized spacial score (nSPS) is 11.2. The number of hydrogen-bond donors (Lipinski definition) is 1. The highest BCUT2D eigenvalue weighted by atomic mass is 35.5. The van der Waals surface area contributed by atoms with E-state index in [4.69, 9.17) is 21.1 Å². The van der Waals surface area contributed by atoms with Crippen LogP contribution in [0, 0.1) is 13.8 Å². The van der Waals surface area contributed by atoms with E-state index in [0.717, 1.165) is 0 Å². The fourth-order valence-electron chi connectivity index (χ4n) is 2.17. The van der Waals surface area contributed by atoms with Crippen molar-refractivity contribution in [2.45, 2.75) is 18.7 Å². The molecule has 0 bridgehead atoms. The maximum atomic E-state index is 12.7. The average Bonchev–Trinajstić information content (AvgIpc) is 2.51. The highest BCUT2D eigenvalue weighted by molar-refractivity contribution is 7.92. The van der Waals surface area contributed by atoms with Gasteiger partial charge < -0.3 is 9.47 Å². The predicted molar refractivity (Wildman–Crippen MR) is 91.3 cm³/mol. The number of rotatable bonds is 5. The van der Waals surface area contributed by atoms with Gasteiger partial charge in [0.2, 0.25) is 0 Å². The predicted octanol–water partition coefficient (Wildman–Crippen LogP) is 3.77. The largest absolute Gasteiger partial charge is 0.493 e. The smallest absolute Gasteiger partial charge is 0.262 e. The second kappa shape index (κ2) is 6.68. The Bertz CT molecular complexity index is 834. The van der Waals surface area contributed by atoms with Crippen LogP contribution in [0.15, 0.2) is 35.2 Å². The molecule has 2 aromatic rings. The molecular formula is C16H18ClNO4S. The van der Waals surface area contributed by atoms with Gasteiger partial charge in [-0.05, 0) is 43.2 Å². The Morgan fingerprint density at radius 3 is 2.26 bits per heavy atom. The molecule has 0 saturated carbocycles. The third kappa shape index (κ3) is 3.54. The molecule has 0 atom stereocenters. The van der Waals surface area contributed by atoms with Crippen molar-refractivity contribution in [3.63, 3.8) is 0 Å². The standard InChI is InChI=1S/C16H18ClNO4S/c1-10-8-14(21-3)15(22-4)9-16(10)23(19,20)18-13-7-5-6-12(17)11(13)2/h5-9,18H,1-4H3. The van der Waals surface area contributed by atoms with Crippen LogP contribution in [-0.2, 0) is 10.0 Å². The van der Waals surface area contributed by atoms with Crippen molar-refractivity contribution in [2.24, 2.45) is 0 Å². The van der Waals surface area contributed by atoms with E-state index in [9.17, 15) is 8.42 Å². The molecule has 0 amide bonds. The summed E-state index contributed by atoms with van der Waals surface area (Å²) >= 11 is 6.04. The van der Waals surface area contributed by atoms with Gasteiger partial charge in [0.25, 0.3) is 10.0 Å². The number of nitrogens with one attached hydrogen (secondary N) is 1. The second-order valence-corrected chi connectivity index (χ2v) is 7.05. The molecule has 0 aromatic heterocycles. The minimum absolute atomic E-state index is 0.120. The lowest BCUT2D eigenvalue weighted by atomic mass is 10.2. The van der Waals surface area contributed by atoms with Crippen molar-refractivity contribution >= 4 is 27.3 Å². The zero-order valence-electron chi connectivity index (χ0n) is 13.3. The Hall–Kier alpha value is -1.92. The van der Waals surface area contributed by atoms with Crippen molar-refractivity contribution in [3.8, 4) is 11.5 Å². The van der Waals surface area contributed by atoms with Crippen molar-refractivity contribution in [2.75, 3.05) is 18.9 Å². The van der Waals surface area contributed by atoms with E-state index in [2.05, 4.69) is 4.72 Å².